The number of oxime groups is 1. The Morgan fingerprint density at radius 2 is 2.24 bits per heavy atom. The Balaban J connectivity index is 2.16. The van der Waals surface area contributed by atoms with Crippen molar-refractivity contribution in [1.82, 2.24) is 14.5 Å². The molecule has 1 aliphatic heterocycles. The van der Waals surface area contributed by atoms with Crippen LogP contribution in [0.4, 0.5) is 0 Å². The summed E-state index contributed by atoms with van der Waals surface area (Å²) in [5.41, 5.74) is 8.55. The van der Waals surface area contributed by atoms with Gasteiger partial charge in [0.15, 0.2) is 0 Å². The lowest BCUT2D eigenvalue weighted by Gasteiger charge is -2.14. The summed E-state index contributed by atoms with van der Waals surface area (Å²) in [6.45, 7) is 0.418. The fraction of sp³-hybridized carbons (Fsp3) is 0.214. The van der Waals surface area contributed by atoms with Crippen molar-refractivity contribution >= 4 is 11.7 Å². The van der Waals surface area contributed by atoms with Crippen LogP contribution in [0.1, 0.15) is 21.7 Å². The van der Waals surface area contributed by atoms with Gasteiger partial charge in [-0.05, 0) is 12.1 Å². The third-order valence-electron chi connectivity index (χ3n) is 3.56. The number of nitrogens with two attached hydrogens (primary N) is 1. The number of para-hydroxylation sites is 1. The molecule has 7 heteroatoms. The SMILES string of the molecule is CN1Cc2c(CC(N)=NO)ncn2-c2ccccc2C1=O. The molecule has 1 amide bonds. The fourth-order valence-corrected chi connectivity index (χ4v) is 2.51. The molecule has 0 fully saturated rings. The van der Waals surface area contributed by atoms with Crippen molar-refractivity contribution in [2.75, 3.05) is 7.05 Å². The zero-order chi connectivity index (χ0) is 15.0. The van der Waals surface area contributed by atoms with Crippen LogP contribution in [0, 0.1) is 0 Å². The molecule has 1 aromatic heterocycles. The molecule has 0 atom stereocenters. The first-order valence-electron chi connectivity index (χ1n) is 6.48. The van der Waals surface area contributed by atoms with Gasteiger partial charge in [-0.3, -0.25) is 4.79 Å². The summed E-state index contributed by atoms with van der Waals surface area (Å²) in [5, 5.41) is 11.7. The van der Waals surface area contributed by atoms with E-state index in [1.54, 1.807) is 24.3 Å². The quantitative estimate of drug-likeness (QED) is 0.368. The Hall–Kier alpha value is -2.83. The molecule has 1 aromatic carbocycles. The van der Waals surface area contributed by atoms with Gasteiger partial charge >= 0.3 is 0 Å². The third-order valence-corrected chi connectivity index (χ3v) is 3.56. The molecule has 0 bridgehead atoms. The number of carbonyl (C=O) groups is 1. The second kappa shape index (κ2) is 4.93. The third kappa shape index (κ3) is 2.12. The molecule has 0 saturated carbocycles. The summed E-state index contributed by atoms with van der Waals surface area (Å²) < 4.78 is 1.89. The molecule has 0 aliphatic carbocycles. The molecular formula is C14H15N5O2. The number of aromatic nitrogens is 2. The van der Waals surface area contributed by atoms with Crippen molar-refractivity contribution in [2.45, 2.75) is 13.0 Å². The maximum Gasteiger partial charge on any atom is 0.256 e. The fourth-order valence-electron chi connectivity index (χ4n) is 2.51. The van der Waals surface area contributed by atoms with Crippen LogP contribution in [0.2, 0.25) is 0 Å². The Labute approximate surface area is 121 Å². The highest BCUT2D eigenvalue weighted by Gasteiger charge is 2.25. The average molecular weight is 285 g/mol. The monoisotopic (exact) mass is 285 g/mol. The molecule has 0 saturated heterocycles. The first kappa shape index (κ1) is 13.2. The van der Waals surface area contributed by atoms with E-state index < -0.39 is 0 Å². The highest BCUT2D eigenvalue weighted by atomic mass is 16.4. The normalized spacial score (nSPS) is 14.6. The summed E-state index contributed by atoms with van der Waals surface area (Å²) in [6.07, 6.45) is 1.91. The summed E-state index contributed by atoms with van der Waals surface area (Å²) in [5.74, 6) is 0.0482. The van der Waals surface area contributed by atoms with Crippen molar-refractivity contribution in [1.29, 1.82) is 0 Å². The Morgan fingerprint density at radius 3 is 3.00 bits per heavy atom. The molecule has 2 aromatic rings. The van der Waals surface area contributed by atoms with Gasteiger partial charge < -0.3 is 20.4 Å². The van der Waals surface area contributed by atoms with E-state index in [-0.39, 0.29) is 18.2 Å². The predicted molar refractivity (Wildman–Crippen MR) is 76.5 cm³/mol. The molecule has 2 heterocycles. The molecular weight excluding hydrogens is 270 g/mol. The number of amidine groups is 1. The number of nitrogens with zero attached hydrogens (tertiary/aromatic N) is 4. The van der Waals surface area contributed by atoms with Gasteiger partial charge in [0.05, 0.1) is 41.9 Å². The number of hydrogen-bond donors (Lipinski definition) is 2. The minimum Gasteiger partial charge on any atom is -0.409 e. The van der Waals surface area contributed by atoms with Gasteiger partial charge in [0.1, 0.15) is 5.84 Å². The highest BCUT2D eigenvalue weighted by Crippen LogP contribution is 2.25. The summed E-state index contributed by atoms with van der Waals surface area (Å²) in [6, 6.07) is 7.39. The molecule has 108 valence electrons. The molecule has 1 aliphatic rings. The average Bonchev–Trinajstić information content (AvgIpc) is 2.84. The van der Waals surface area contributed by atoms with Crippen LogP contribution in [0.5, 0.6) is 0 Å². The highest BCUT2D eigenvalue weighted by molar-refractivity contribution is 5.98. The number of rotatable bonds is 2. The van der Waals surface area contributed by atoms with Crippen molar-refractivity contribution in [3.05, 3.63) is 47.5 Å². The second-order valence-electron chi connectivity index (χ2n) is 4.95. The first-order valence-corrected chi connectivity index (χ1v) is 6.48. The Kier molecular flexibility index (Phi) is 3.09. The zero-order valence-electron chi connectivity index (χ0n) is 11.5. The van der Waals surface area contributed by atoms with Crippen LogP contribution in [-0.2, 0) is 13.0 Å². The van der Waals surface area contributed by atoms with Crippen LogP contribution in [0.3, 0.4) is 0 Å². The van der Waals surface area contributed by atoms with Crippen molar-refractivity contribution in [2.24, 2.45) is 10.9 Å². The van der Waals surface area contributed by atoms with Crippen LogP contribution < -0.4 is 5.73 Å². The first-order chi connectivity index (χ1) is 10.1. The Bertz CT molecular complexity index is 735. The van der Waals surface area contributed by atoms with Gasteiger partial charge in [-0.25, -0.2) is 4.98 Å². The van der Waals surface area contributed by atoms with E-state index in [4.69, 9.17) is 10.9 Å². The summed E-state index contributed by atoms with van der Waals surface area (Å²) in [7, 11) is 1.75. The van der Waals surface area contributed by atoms with Gasteiger partial charge in [0.2, 0.25) is 0 Å². The molecule has 0 unspecified atom stereocenters. The van der Waals surface area contributed by atoms with E-state index in [0.717, 1.165) is 11.4 Å². The van der Waals surface area contributed by atoms with Gasteiger partial charge in [0, 0.05) is 7.05 Å². The van der Waals surface area contributed by atoms with Crippen LogP contribution in [0.15, 0.2) is 35.7 Å². The van der Waals surface area contributed by atoms with E-state index in [2.05, 4.69) is 10.1 Å². The molecule has 3 N–H and O–H groups in total. The van der Waals surface area contributed by atoms with Crippen molar-refractivity contribution < 1.29 is 10.0 Å². The second-order valence-corrected chi connectivity index (χ2v) is 4.95. The minimum absolute atomic E-state index is 0.0379. The van der Waals surface area contributed by atoms with E-state index in [1.807, 2.05) is 22.8 Å². The van der Waals surface area contributed by atoms with Gasteiger partial charge in [-0.1, -0.05) is 17.3 Å². The molecule has 0 radical (unpaired) electrons. The summed E-state index contributed by atoms with van der Waals surface area (Å²) in [4.78, 5) is 18.4. The van der Waals surface area contributed by atoms with Crippen molar-refractivity contribution in [3.8, 4) is 5.69 Å². The van der Waals surface area contributed by atoms with Gasteiger partial charge in [-0.15, -0.1) is 0 Å². The lowest BCUT2D eigenvalue weighted by molar-refractivity contribution is 0.0788. The zero-order valence-corrected chi connectivity index (χ0v) is 11.5. The number of imidazole rings is 1. The van der Waals surface area contributed by atoms with Gasteiger partial charge in [0.25, 0.3) is 5.91 Å². The van der Waals surface area contributed by atoms with E-state index in [0.29, 0.717) is 17.8 Å². The maximum atomic E-state index is 12.4. The van der Waals surface area contributed by atoms with E-state index >= 15 is 0 Å². The Morgan fingerprint density at radius 1 is 1.48 bits per heavy atom. The minimum atomic E-state index is -0.0379. The lowest BCUT2D eigenvalue weighted by Crippen LogP contribution is -2.25. The molecule has 21 heavy (non-hydrogen) atoms. The predicted octanol–water partition coefficient (Wildman–Crippen LogP) is 0.747. The summed E-state index contributed by atoms with van der Waals surface area (Å²) >= 11 is 0. The standard InChI is InChI=1S/C14H15N5O2/c1-18-7-12-10(6-13(15)17-21)16-8-19(12)11-5-3-2-4-9(11)14(18)20/h2-5,8,21H,6-7H2,1H3,(H2,15,17). The lowest BCUT2D eigenvalue weighted by atomic mass is 10.1. The van der Waals surface area contributed by atoms with Crippen LogP contribution in [-0.4, -0.2) is 38.4 Å². The molecule has 7 nitrogen and oxygen atoms in total. The van der Waals surface area contributed by atoms with Crippen LogP contribution >= 0.6 is 0 Å². The van der Waals surface area contributed by atoms with E-state index in [1.165, 1.54) is 0 Å². The number of fused-ring (bicyclic) bond motifs is 3. The number of carbonyl (C=O) groups excluding carboxylic acids is 1. The van der Waals surface area contributed by atoms with Gasteiger partial charge in [-0.2, -0.15) is 0 Å². The number of benzene rings is 1. The topological polar surface area (TPSA) is 96.7 Å². The molecule has 3 rings (SSSR count). The number of hydrogen-bond acceptors (Lipinski definition) is 4. The number of amides is 1. The van der Waals surface area contributed by atoms with Crippen LogP contribution in [0.25, 0.3) is 5.69 Å². The van der Waals surface area contributed by atoms with E-state index in [9.17, 15) is 4.79 Å². The van der Waals surface area contributed by atoms with Crippen molar-refractivity contribution in [3.63, 3.8) is 0 Å². The molecule has 0 spiro atoms. The largest absolute Gasteiger partial charge is 0.409 e. The maximum absolute atomic E-state index is 12.4. The smallest absolute Gasteiger partial charge is 0.256 e.